The van der Waals surface area contributed by atoms with Crippen molar-refractivity contribution in [3.63, 3.8) is 0 Å². The van der Waals surface area contributed by atoms with Crippen molar-refractivity contribution in [3.05, 3.63) is 23.0 Å². The quantitative estimate of drug-likeness (QED) is 0.905. The molecule has 0 bridgehead atoms. The lowest BCUT2D eigenvalue weighted by Crippen LogP contribution is -2.35. The van der Waals surface area contributed by atoms with E-state index in [1.54, 1.807) is 26.8 Å². The SMILES string of the molecule is CCN(CC(F)(F)F)c1cc(C)nc(C)c1CN. The number of rotatable bonds is 4. The van der Waals surface area contributed by atoms with Crippen molar-refractivity contribution in [1.82, 2.24) is 4.98 Å². The molecule has 0 fully saturated rings. The van der Waals surface area contributed by atoms with Crippen LogP contribution in [0, 0.1) is 13.8 Å². The van der Waals surface area contributed by atoms with Crippen LogP contribution in [-0.4, -0.2) is 24.2 Å². The van der Waals surface area contributed by atoms with Gasteiger partial charge in [0.05, 0.1) is 0 Å². The van der Waals surface area contributed by atoms with Crippen molar-refractivity contribution >= 4 is 5.69 Å². The van der Waals surface area contributed by atoms with Gasteiger partial charge in [0, 0.05) is 35.7 Å². The van der Waals surface area contributed by atoms with E-state index in [4.69, 9.17) is 5.73 Å². The molecule has 18 heavy (non-hydrogen) atoms. The van der Waals surface area contributed by atoms with Gasteiger partial charge in [0.2, 0.25) is 0 Å². The molecule has 0 aliphatic carbocycles. The van der Waals surface area contributed by atoms with E-state index in [9.17, 15) is 13.2 Å². The number of nitrogens with zero attached hydrogens (tertiary/aromatic N) is 2. The number of halogens is 3. The number of pyridine rings is 1. The Kier molecular flexibility index (Phi) is 4.56. The van der Waals surface area contributed by atoms with Gasteiger partial charge >= 0.3 is 6.18 Å². The molecule has 0 aromatic carbocycles. The largest absolute Gasteiger partial charge is 0.405 e. The molecular formula is C12H18F3N3. The molecule has 0 aliphatic rings. The smallest absolute Gasteiger partial charge is 0.362 e. The second-order valence-electron chi connectivity index (χ2n) is 4.18. The van der Waals surface area contributed by atoms with Gasteiger partial charge < -0.3 is 10.6 Å². The van der Waals surface area contributed by atoms with Crippen LogP contribution in [0.4, 0.5) is 18.9 Å². The third kappa shape index (κ3) is 3.60. The number of aryl methyl sites for hydroxylation is 2. The Morgan fingerprint density at radius 2 is 1.94 bits per heavy atom. The molecular weight excluding hydrogens is 243 g/mol. The van der Waals surface area contributed by atoms with Crippen LogP contribution in [0.3, 0.4) is 0 Å². The molecule has 6 heteroatoms. The first-order valence-corrected chi connectivity index (χ1v) is 5.77. The van der Waals surface area contributed by atoms with E-state index in [-0.39, 0.29) is 13.1 Å². The summed E-state index contributed by atoms with van der Waals surface area (Å²) in [6.07, 6.45) is -4.23. The zero-order valence-corrected chi connectivity index (χ0v) is 10.8. The molecule has 0 amide bonds. The van der Waals surface area contributed by atoms with Crippen LogP contribution in [0.25, 0.3) is 0 Å². The molecule has 0 aliphatic heterocycles. The molecule has 2 N–H and O–H groups in total. The highest BCUT2D eigenvalue weighted by atomic mass is 19.4. The Bertz CT molecular complexity index is 416. The first-order chi connectivity index (χ1) is 8.28. The van der Waals surface area contributed by atoms with Crippen LogP contribution in [0.15, 0.2) is 6.07 Å². The maximum Gasteiger partial charge on any atom is 0.405 e. The number of alkyl halides is 3. The minimum atomic E-state index is -4.23. The van der Waals surface area contributed by atoms with E-state index in [0.717, 1.165) is 0 Å². The molecule has 1 aromatic heterocycles. The Morgan fingerprint density at radius 1 is 1.33 bits per heavy atom. The number of hydrogen-bond donors (Lipinski definition) is 1. The maximum absolute atomic E-state index is 12.5. The van der Waals surface area contributed by atoms with Crippen LogP contribution in [0.5, 0.6) is 0 Å². The van der Waals surface area contributed by atoms with E-state index >= 15 is 0 Å². The Balaban J connectivity index is 3.19. The highest BCUT2D eigenvalue weighted by Gasteiger charge is 2.31. The fourth-order valence-corrected chi connectivity index (χ4v) is 1.95. The summed E-state index contributed by atoms with van der Waals surface area (Å²) in [6.45, 7) is 4.70. The van der Waals surface area contributed by atoms with Crippen molar-refractivity contribution in [2.75, 3.05) is 18.0 Å². The summed E-state index contributed by atoms with van der Waals surface area (Å²) in [5.41, 5.74) is 8.20. The highest BCUT2D eigenvalue weighted by molar-refractivity contribution is 5.56. The maximum atomic E-state index is 12.5. The van der Waals surface area contributed by atoms with Crippen molar-refractivity contribution in [3.8, 4) is 0 Å². The van der Waals surface area contributed by atoms with Crippen LogP contribution in [0.2, 0.25) is 0 Å². The number of aromatic nitrogens is 1. The molecule has 1 rings (SSSR count). The molecule has 102 valence electrons. The minimum absolute atomic E-state index is 0.183. The van der Waals surface area contributed by atoms with Crippen molar-refractivity contribution in [2.45, 2.75) is 33.5 Å². The molecule has 0 spiro atoms. The fraction of sp³-hybridized carbons (Fsp3) is 0.583. The molecule has 0 radical (unpaired) electrons. The van der Waals surface area contributed by atoms with Gasteiger partial charge in [0.1, 0.15) is 6.54 Å². The van der Waals surface area contributed by atoms with Gasteiger partial charge in [-0.3, -0.25) is 4.98 Å². The predicted octanol–water partition coefficient (Wildman–Crippen LogP) is 2.55. The highest BCUT2D eigenvalue weighted by Crippen LogP contribution is 2.27. The first-order valence-electron chi connectivity index (χ1n) is 5.77. The lowest BCUT2D eigenvalue weighted by molar-refractivity contribution is -0.119. The van der Waals surface area contributed by atoms with E-state index in [0.29, 0.717) is 22.6 Å². The summed E-state index contributed by atoms with van der Waals surface area (Å²) in [5, 5.41) is 0. The van der Waals surface area contributed by atoms with Gasteiger partial charge in [0.25, 0.3) is 0 Å². The summed E-state index contributed by atoms with van der Waals surface area (Å²) in [4.78, 5) is 5.51. The van der Waals surface area contributed by atoms with Crippen molar-refractivity contribution < 1.29 is 13.2 Å². The second-order valence-corrected chi connectivity index (χ2v) is 4.18. The van der Waals surface area contributed by atoms with Crippen molar-refractivity contribution in [2.24, 2.45) is 5.73 Å². The summed E-state index contributed by atoms with van der Waals surface area (Å²) in [5.74, 6) is 0. The van der Waals surface area contributed by atoms with Gasteiger partial charge in [-0.2, -0.15) is 13.2 Å². The third-order valence-corrected chi connectivity index (χ3v) is 2.73. The Hall–Kier alpha value is -1.30. The molecule has 3 nitrogen and oxygen atoms in total. The monoisotopic (exact) mass is 261 g/mol. The van der Waals surface area contributed by atoms with Gasteiger partial charge in [-0.15, -0.1) is 0 Å². The van der Waals surface area contributed by atoms with Crippen LogP contribution < -0.4 is 10.6 Å². The first kappa shape index (κ1) is 14.8. The molecule has 1 heterocycles. The lowest BCUT2D eigenvalue weighted by atomic mass is 10.1. The van der Waals surface area contributed by atoms with Gasteiger partial charge in [-0.1, -0.05) is 0 Å². The van der Waals surface area contributed by atoms with Crippen LogP contribution >= 0.6 is 0 Å². The summed E-state index contributed by atoms with van der Waals surface area (Å²) in [7, 11) is 0. The van der Waals surface area contributed by atoms with Crippen LogP contribution in [-0.2, 0) is 6.54 Å². The number of hydrogen-bond acceptors (Lipinski definition) is 3. The fourth-order valence-electron chi connectivity index (χ4n) is 1.95. The molecule has 0 unspecified atom stereocenters. The number of anilines is 1. The summed E-state index contributed by atoms with van der Waals surface area (Å²) < 4.78 is 37.6. The third-order valence-electron chi connectivity index (χ3n) is 2.73. The van der Waals surface area contributed by atoms with E-state index in [1.807, 2.05) is 0 Å². The van der Waals surface area contributed by atoms with Gasteiger partial charge in [-0.25, -0.2) is 0 Å². The molecule has 0 atom stereocenters. The van der Waals surface area contributed by atoms with E-state index in [2.05, 4.69) is 4.98 Å². The zero-order valence-electron chi connectivity index (χ0n) is 10.8. The molecule has 1 aromatic rings. The molecule has 0 saturated heterocycles. The topological polar surface area (TPSA) is 42.2 Å². The van der Waals surface area contributed by atoms with Gasteiger partial charge in [0.15, 0.2) is 0 Å². The Morgan fingerprint density at radius 3 is 2.39 bits per heavy atom. The Labute approximate surface area is 105 Å². The van der Waals surface area contributed by atoms with Gasteiger partial charge in [-0.05, 0) is 26.8 Å². The van der Waals surface area contributed by atoms with E-state index < -0.39 is 12.7 Å². The summed E-state index contributed by atoms with van der Waals surface area (Å²) >= 11 is 0. The summed E-state index contributed by atoms with van der Waals surface area (Å²) in [6, 6.07) is 1.66. The molecule has 0 saturated carbocycles. The zero-order chi connectivity index (χ0) is 13.9. The normalized spacial score (nSPS) is 11.7. The van der Waals surface area contributed by atoms with E-state index in [1.165, 1.54) is 4.90 Å². The van der Waals surface area contributed by atoms with Crippen LogP contribution in [0.1, 0.15) is 23.9 Å². The second kappa shape index (κ2) is 5.56. The average Bonchev–Trinajstić information content (AvgIpc) is 2.23. The standard InChI is InChI=1S/C12H18F3N3/c1-4-18(7-12(13,14)15)11-5-8(2)17-9(3)10(11)6-16/h5H,4,6-7,16H2,1-3H3. The average molecular weight is 261 g/mol. The lowest BCUT2D eigenvalue weighted by Gasteiger charge is -2.27. The van der Waals surface area contributed by atoms with Crippen molar-refractivity contribution in [1.29, 1.82) is 0 Å². The number of nitrogens with two attached hydrogens (primary N) is 1. The minimum Gasteiger partial charge on any atom is -0.362 e. The predicted molar refractivity (Wildman–Crippen MR) is 65.5 cm³/mol.